The van der Waals surface area contributed by atoms with Crippen molar-refractivity contribution < 1.29 is 17.9 Å². The van der Waals surface area contributed by atoms with Gasteiger partial charge in [0.15, 0.2) is 0 Å². The average Bonchev–Trinajstić information content (AvgIpc) is 2.81. The molecule has 128 valence electrons. The molecule has 0 fully saturated rings. The van der Waals surface area contributed by atoms with Crippen molar-refractivity contribution in [3.05, 3.63) is 65.4 Å². The van der Waals surface area contributed by atoms with Gasteiger partial charge in [-0.25, -0.2) is 0 Å². The van der Waals surface area contributed by atoms with Crippen LogP contribution in [0, 0.1) is 6.92 Å². The Labute approximate surface area is 143 Å². The lowest BCUT2D eigenvalue weighted by Crippen LogP contribution is -2.17. The van der Waals surface area contributed by atoms with E-state index >= 15 is 0 Å². The van der Waals surface area contributed by atoms with Gasteiger partial charge >= 0.3 is 6.36 Å². The Hall–Kier alpha value is -2.18. The maximum absolute atomic E-state index is 12.2. The van der Waals surface area contributed by atoms with E-state index in [9.17, 15) is 13.2 Å². The Morgan fingerprint density at radius 1 is 1.04 bits per heavy atom. The van der Waals surface area contributed by atoms with E-state index in [0.717, 1.165) is 22.2 Å². The van der Waals surface area contributed by atoms with Crippen LogP contribution in [0.25, 0.3) is 10.9 Å². The number of nitrogens with one attached hydrogen (secondary N) is 1. The lowest BCUT2D eigenvalue weighted by molar-refractivity contribution is -0.274. The topological polar surface area (TPSA) is 51.0 Å². The maximum Gasteiger partial charge on any atom is 0.573 e. The van der Waals surface area contributed by atoms with Crippen LogP contribution < -0.4 is 10.5 Å². The first-order valence-electron chi connectivity index (χ1n) is 7.03. The zero-order chi connectivity index (χ0) is 16.6. The Morgan fingerprint density at radius 2 is 1.67 bits per heavy atom. The molecule has 0 saturated heterocycles. The van der Waals surface area contributed by atoms with Crippen molar-refractivity contribution in [3.8, 4) is 5.75 Å². The number of para-hydroxylation sites is 1. The van der Waals surface area contributed by atoms with Crippen molar-refractivity contribution in [3.63, 3.8) is 0 Å². The van der Waals surface area contributed by atoms with Crippen LogP contribution in [0.4, 0.5) is 13.2 Å². The highest BCUT2D eigenvalue weighted by Crippen LogP contribution is 2.31. The molecular formula is C17H16ClF3N2O. The van der Waals surface area contributed by atoms with Crippen molar-refractivity contribution >= 4 is 23.3 Å². The molecular weight excluding hydrogens is 341 g/mol. The van der Waals surface area contributed by atoms with E-state index in [4.69, 9.17) is 5.73 Å². The van der Waals surface area contributed by atoms with Gasteiger partial charge < -0.3 is 15.5 Å². The van der Waals surface area contributed by atoms with Crippen molar-refractivity contribution in [1.82, 2.24) is 4.98 Å². The molecule has 0 spiro atoms. The van der Waals surface area contributed by atoms with Gasteiger partial charge in [0.2, 0.25) is 0 Å². The molecule has 1 atom stereocenters. The summed E-state index contributed by atoms with van der Waals surface area (Å²) in [7, 11) is 0. The number of hydrogen-bond donors (Lipinski definition) is 2. The summed E-state index contributed by atoms with van der Waals surface area (Å²) in [5.41, 5.74) is 9.89. The van der Waals surface area contributed by atoms with E-state index < -0.39 is 12.4 Å². The number of H-pyrrole nitrogens is 1. The molecule has 2 aromatic carbocycles. The van der Waals surface area contributed by atoms with Crippen LogP contribution in [0.1, 0.15) is 22.9 Å². The Kier molecular flexibility index (Phi) is 5.11. The van der Waals surface area contributed by atoms with Crippen molar-refractivity contribution in [2.45, 2.75) is 19.3 Å². The molecule has 0 aliphatic rings. The molecule has 0 bridgehead atoms. The monoisotopic (exact) mass is 356 g/mol. The van der Waals surface area contributed by atoms with E-state index in [2.05, 4.69) is 9.72 Å². The molecule has 0 aliphatic heterocycles. The van der Waals surface area contributed by atoms with E-state index in [0.29, 0.717) is 5.56 Å². The Balaban J connectivity index is 0.00000208. The van der Waals surface area contributed by atoms with Crippen LogP contribution in [0.15, 0.2) is 48.5 Å². The molecule has 0 saturated carbocycles. The normalized spacial score (nSPS) is 12.7. The maximum atomic E-state index is 12.2. The molecule has 0 amide bonds. The summed E-state index contributed by atoms with van der Waals surface area (Å²) >= 11 is 0. The van der Waals surface area contributed by atoms with Crippen LogP contribution in [0.3, 0.4) is 0 Å². The fourth-order valence-corrected chi connectivity index (χ4v) is 2.74. The van der Waals surface area contributed by atoms with E-state index in [-0.39, 0.29) is 18.2 Å². The van der Waals surface area contributed by atoms with Gasteiger partial charge in [-0.15, -0.1) is 25.6 Å². The number of rotatable bonds is 3. The van der Waals surface area contributed by atoms with Gasteiger partial charge in [0.1, 0.15) is 5.75 Å². The fourth-order valence-electron chi connectivity index (χ4n) is 2.74. The number of fused-ring (bicyclic) bond motifs is 1. The molecule has 1 aromatic heterocycles. The van der Waals surface area contributed by atoms with Crippen LogP contribution in [0.5, 0.6) is 5.75 Å². The number of alkyl halides is 3. The second-order valence-electron chi connectivity index (χ2n) is 5.30. The highest BCUT2D eigenvalue weighted by Gasteiger charge is 2.31. The largest absolute Gasteiger partial charge is 0.573 e. The summed E-state index contributed by atoms with van der Waals surface area (Å²) in [5.74, 6) is -0.260. The van der Waals surface area contributed by atoms with Crippen LogP contribution in [0.2, 0.25) is 0 Å². The average molecular weight is 357 g/mol. The van der Waals surface area contributed by atoms with Crippen molar-refractivity contribution in [2.75, 3.05) is 0 Å². The second kappa shape index (κ2) is 6.75. The molecule has 3 N–H and O–H groups in total. The van der Waals surface area contributed by atoms with E-state index in [1.54, 1.807) is 12.1 Å². The lowest BCUT2D eigenvalue weighted by Gasteiger charge is -2.14. The molecule has 24 heavy (non-hydrogen) atoms. The lowest BCUT2D eigenvalue weighted by atomic mass is 9.97. The second-order valence-corrected chi connectivity index (χ2v) is 5.30. The van der Waals surface area contributed by atoms with Gasteiger partial charge in [0.25, 0.3) is 0 Å². The van der Waals surface area contributed by atoms with Gasteiger partial charge in [0, 0.05) is 22.2 Å². The molecule has 3 aromatic rings. The zero-order valence-corrected chi connectivity index (χ0v) is 13.5. The molecule has 1 heterocycles. The molecule has 3 nitrogen and oxygen atoms in total. The van der Waals surface area contributed by atoms with Crippen molar-refractivity contribution in [2.24, 2.45) is 5.73 Å². The summed E-state index contributed by atoms with van der Waals surface area (Å²) in [6.45, 7) is 1.93. The molecule has 3 rings (SSSR count). The predicted octanol–water partition coefficient (Wildman–Crippen LogP) is 4.84. The standard InChI is InChI=1S/C17H15F3N2O.ClH/c1-10-15(13-4-2-3-5-14(13)22-10)16(21)11-6-8-12(9-7-11)23-17(18,19)20;/h2-9,16,22H,21H2,1H3;1H/t16-;/m0./s1. The van der Waals surface area contributed by atoms with Gasteiger partial charge in [-0.3, -0.25) is 0 Å². The van der Waals surface area contributed by atoms with Crippen LogP contribution in [-0.2, 0) is 0 Å². The SMILES string of the molecule is Cc1[nH]c2ccccc2c1[C@@H](N)c1ccc(OC(F)(F)F)cc1.Cl. The van der Waals surface area contributed by atoms with E-state index in [1.165, 1.54) is 12.1 Å². The van der Waals surface area contributed by atoms with Gasteiger partial charge in [-0.1, -0.05) is 30.3 Å². The first-order valence-corrected chi connectivity index (χ1v) is 7.03. The smallest absolute Gasteiger partial charge is 0.406 e. The van der Waals surface area contributed by atoms with Crippen LogP contribution >= 0.6 is 12.4 Å². The minimum atomic E-state index is -4.70. The number of nitrogens with two attached hydrogens (primary N) is 1. The first-order chi connectivity index (χ1) is 10.8. The third-order valence-corrected chi connectivity index (χ3v) is 3.73. The first kappa shape index (κ1) is 18.2. The number of aromatic nitrogens is 1. The minimum absolute atomic E-state index is 0. The van der Waals surface area contributed by atoms with Crippen molar-refractivity contribution in [1.29, 1.82) is 0 Å². The number of aromatic amines is 1. The third-order valence-electron chi connectivity index (χ3n) is 3.73. The van der Waals surface area contributed by atoms with Gasteiger partial charge in [-0.05, 0) is 30.7 Å². The summed E-state index contributed by atoms with van der Waals surface area (Å²) in [6, 6.07) is 13.0. The Morgan fingerprint density at radius 3 is 2.29 bits per heavy atom. The summed E-state index contributed by atoms with van der Waals surface area (Å²) in [5, 5.41) is 1.01. The number of halogens is 4. The molecule has 0 aliphatic carbocycles. The third kappa shape index (κ3) is 3.66. The minimum Gasteiger partial charge on any atom is -0.406 e. The predicted molar refractivity (Wildman–Crippen MR) is 89.4 cm³/mol. The molecule has 0 radical (unpaired) electrons. The van der Waals surface area contributed by atoms with Crippen LogP contribution in [-0.4, -0.2) is 11.3 Å². The number of aryl methyl sites for hydroxylation is 1. The number of benzene rings is 2. The summed E-state index contributed by atoms with van der Waals surface area (Å²) in [6.07, 6.45) is -4.70. The fraction of sp³-hybridized carbons (Fsp3) is 0.176. The highest BCUT2D eigenvalue weighted by molar-refractivity contribution is 5.86. The quantitative estimate of drug-likeness (QED) is 0.705. The Bertz CT molecular complexity index is 828. The number of ether oxygens (including phenoxy) is 1. The van der Waals surface area contributed by atoms with Gasteiger partial charge in [0.05, 0.1) is 6.04 Å². The molecule has 0 unspecified atom stereocenters. The zero-order valence-electron chi connectivity index (χ0n) is 12.7. The summed E-state index contributed by atoms with van der Waals surface area (Å²) in [4.78, 5) is 3.27. The highest BCUT2D eigenvalue weighted by atomic mass is 35.5. The molecule has 7 heteroatoms. The summed E-state index contributed by atoms with van der Waals surface area (Å²) < 4.78 is 40.5. The number of hydrogen-bond acceptors (Lipinski definition) is 2. The van der Waals surface area contributed by atoms with E-state index in [1.807, 2.05) is 31.2 Å². The van der Waals surface area contributed by atoms with Gasteiger partial charge in [-0.2, -0.15) is 0 Å².